The molecular formula is C12H22N4. The van der Waals surface area contributed by atoms with Gasteiger partial charge in [-0.05, 0) is 25.8 Å². The van der Waals surface area contributed by atoms with E-state index < -0.39 is 0 Å². The molecule has 0 bridgehead atoms. The summed E-state index contributed by atoms with van der Waals surface area (Å²) in [6, 6.07) is 0.623. The van der Waals surface area contributed by atoms with E-state index in [-0.39, 0.29) is 0 Å². The number of anilines is 1. The summed E-state index contributed by atoms with van der Waals surface area (Å²) in [4.78, 5) is 6.87. The number of nitrogens with one attached hydrogen (secondary N) is 1. The molecule has 0 spiro atoms. The van der Waals surface area contributed by atoms with Gasteiger partial charge < -0.3 is 14.8 Å². The van der Waals surface area contributed by atoms with Gasteiger partial charge in [-0.15, -0.1) is 0 Å². The van der Waals surface area contributed by atoms with Gasteiger partial charge >= 0.3 is 0 Å². The third-order valence-corrected chi connectivity index (χ3v) is 3.38. The van der Waals surface area contributed by atoms with Crippen molar-refractivity contribution in [3.63, 3.8) is 0 Å². The monoisotopic (exact) mass is 222 g/mol. The van der Waals surface area contributed by atoms with E-state index in [1.54, 1.807) is 0 Å². The van der Waals surface area contributed by atoms with Crippen molar-refractivity contribution in [1.82, 2.24) is 14.5 Å². The Kier molecular flexibility index (Phi) is 3.83. The van der Waals surface area contributed by atoms with E-state index in [0.29, 0.717) is 6.04 Å². The fraction of sp³-hybridized carbons (Fsp3) is 0.750. The Balaban J connectivity index is 1.93. The summed E-state index contributed by atoms with van der Waals surface area (Å²) >= 11 is 0. The van der Waals surface area contributed by atoms with E-state index in [4.69, 9.17) is 0 Å². The largest absolute Gasteiger partial charge is 0.359 e. The minimum absolute atomic E-state index is 0.623. The van der Waals surface area contributed by atoms with Crippen LogP contribution in [0.2, 0.25) is 0 Å². The summed E-state index contributed by atoms with van der Waals surface area (Å²) in [5, 5.41) is 3.15. The normalized spacial score (nSPS) is 18.9. The highest BCUT2D eigenvalue weighted by molar-refractivity contribution is 5.25. The van der Waals surface area contributed by atoms with Crippen LogP contribution >= 0.6 is 0 Å². The van der Waals surface area contributed by atoms with Crippen molar-refractivity contribution in [2.24, 2.45) is 0 Å². The van der Waals surface area contributed by atoms with Crippen LogP contribution in [0.5, 0.6) is 0 Å². The Hall–Kier alpha value is -1.03. The van der Waals surface area contributed by atoms with Crippen molar-refractivity contribution in [2.75, 3.05) is 32.0 Å². The topological polar surface area (TPSA) is 33.1 Å². The van der Waals surface area contributed by atoms with Gasteiger partial charge in [0, 0.05) is 38.6 Å². The fourth-order valence-electron chi connectivity index (χ4n) is 2.54. The van der Waals surface area contributed by atoms with E-state index in [9.17, 15) is 0 Å². The van der Waals surface area contributed by atoms with Crippen LogP contribution in [0, 0.1) is 0 Å². The van der Waals surface area contributed by atoms with Crippen LogP contribution in [0.3, 0.4) is 0 Å². The van der Waals surface area contributed by atoms with Gasteiger partial charge in [0.2, 0.25) is 5.95 Å². The second kappa shape index (κ2) is 5.34. The highest BCUT2D eigenvalue weighted by Crippen LogP contribution is 2.25. The lowest BCUT2D eigenvalue weighted by Gasteiger charge is -2.32. The summed E-state index contributed by atoms with van der Waals surface area (Å²) in [6.07, 6.45) is 7.71. The molecule has 2 heterocycles. The summed E-state index contributed by atoms with van der Waals surface area (Å²) in [6.45, 7) is 5.94. The molecular weight excluding hydrogens is 200 g/mol. The van der Waals surface area contributed by atoms with Gasteiger partial charge in [0.1, 0.15) is 0 Å². The fourth-order valence-corrected chi connectivity index (χ4v) is 2.54. The van der Waals surface area contributed by atoms with Crippen molar-refractivity contribution in [3.8, 4) is 0 Å². The quantitative estimate of drug-likeness (QED) is 0.845. The van der Waals surface area contributed by atoms with E-state index in [2.05, 4.69) is 32.9 Å². The summed E-state index contributed by atoms with van der Waals surface area (Å²) < 4.78 is 2.28. The van der Waals surface area contributed by atoms with Crippen LogP contribution in [-0.4, -0.2) is 41.1 Å². The molecule has 1 aliphatic rings. The third-order valence-electron chi connectivity index (χ3n) is 3.38. The summed E-state index contributed by atoms with van der Waals surface area (Å²) in [5.41, 5.74) is 0. The maximum absolute atomic E-state index is 4.30. The molecule has 90 valence electrons. The van der Waals surface area contributed by atoms with Crippen molar-refractivity contribution in [3.05, 3.63) is 12.4 Å². The molecule has 1 N–H and O–H groups in total. The smallest absolute Gasteiger partial charge is 0.202 e. The van der Waals surface area contributed by atoms with Gasteiger partial charge in [-0.1, -0.05) is 6.92 Å². The predicted molar refractivity (Wildman–Crippen MR) is 66.8 cm³/mol. The molecule has 0 aliphatic carbocycles. The molecule has 1 aliphatic heterocycles. The number of piperidine rings is 1. The molecule has 0 atom stereocenters. The molecule has 4 heteroatoms. The Morgan fingerprint density at radius 1 is 1.44 bits per heavy atom. The Labute approximate surface area is 97.7 Å². The Morgan fingerprint density at radius 3 is 2.81 bits per heavy atom. The minimum atomic E-state index is 0.623. The lowest BCUT2D eigenvalue weighted by atomic mass is 10.0. The lowest BCUT2D eigenvalue weighted by molar-refractivity contribution is 0.188. The molecule has 4 nitrogen and oxygen atoms in total. The number of imidazole rings is 1. The molecule has 0 unspecified atom stereocenters. The second-order valence-electron chi connectivity index (χ2n) is 4.48. The number of aromatic nitrogens is 2. The first-order chi connectivity index (χ1) is 7.85. The van der Waals surface area contributed by atoms with Crippen LogP contribution in [-0.2, 0) is 0 Å². The van der Waals surface area contributed by atoms with E-state index in [1.807, 2.05) is 13.2 Å². The Morgan fingerprint density at radius 2 is 2.19 bits per heavy atom. The highest BCUT2D eigenvalue weighted by atomic mass is 15.2. The molecule has 1 saturated heterocycles. The molecule has 0 saturated carbocycles. The average Bonchev–Trinajstić information content (AvgIpc) is 2.78. The number of hydrogen-bond acceptors (Lipinski definition) is 3. The maximum Gasteiger partial charge on any atom is 0.202 e. The minimum Gasteiger partial charge on any atom is -0.359 e. The van der Waals surface area contributed by atoms with Crippen LogP contribution in [0.1, 0.15) is 32.2 Å². The zero-order chi connectivity index (χ0) is 11.4. The van der Waals surface area contributed by atoms with Gasteiger partial charge in [0.25, 0.3) is 0 Å². The average molecular weight is 222 g/mol. The molecule has 0 aromatic carbocycles. The molecule has 0 amide bonds. The Bertz CT molecular complexity index is 313. The molecule has 1 fully saturated rings. The van der Waals surface area contributed by atoms with Gasteiger partial charge in [0.05, 0.1) is 0 Å². The zero-order valence-corrected chi connectivity index (χ0v) is 10.3. The van der Waals surface area contributed by atoms with Crippen LogP contribution in [0.4, 0.5) is 5.95 Å². The molecule has 2 rings (SSSR count). The molecule has 0 radical (unpaired) electrons. The number of likely N-dealkylation sites (tertiary alicyclic amines) is 1. The van der Waals surface area contributed by atoms with Crippen molar-refractivity contribution < 1.29 is 0 Å². The first kappa shape index (κ1) is 11.5. The molecule has 1 aromatic rings. The van der Waals surface area contributed by atoms with Gasteiger partial charge in [-0.25, -0.2) is 4.98 Å². The standard InChI is InChI=1S/C12H22N4/c1-3-7-15-8-4-11(5-9-15)16-10-6-14-12(16)13-2/h6,10-11H,3-5,7-9H2,1-2H3,(H,13,14). The van der Waals surface area contributed by atoms with E-state index >= 15 is 0 Å². The summed E-state index contributed by atoms with van der Waals surface area (Å²) in [5.74, 6) is 0.994. The highest BCUT2D eigenvalue weighted by Gasteiger charge is 2.21. The third kappa shape index (κ3) is 2.38. The van der Waals surface area contributed by atoms with E-state index in [1.165, 1.54) is 38.9 Å². The number of rotatable bonds is 4. The lowest BCUT2D eigenvalue weighted by Crippen LogP contribution is -2.35. The van der Waals surface area contributed by atoms with Crippen molar-refractivity contribution in [1.29, 1.82) is 0 Å². The van der Waals surface area contributed by atoms with E-state index in [0.717, 1.165) is 5.95 Å². The summed E-state index contributed by atoms with van der Waals surface area (Å²) in [7, 11) is 1.94. The van der Waals surface area contributed by atoms with Crippen molar-refractivity contribution >= 4 is 5.95 Å². The van der Waals surface area contributed by atoms with Crippen LogP contribution in [0.25, 0.3) is 0 Å². The number of nitrogens with zero attached hydrogens (tertiary/aromatic N) is 3. The van der Waals surface area contributed by atoms with Gasteiger partial charge in [-0.2, -0.15) is 0 Å². The van der Waals surface area contributed by atoms with Gasteiger partial charge in [0.15, 0.2) is 0 Å². The first-order valence-corrected chi connectivity index (χ1v) is 6.28. The van der Waals surface area contributed by atoms with Crippen LogP contribution < -0.4 is 5.32 Å². The number of hydrogen-bond donors (Lipinski definition) is 1. The van der Waals surface area contributed by atoms with Crippen LogP contribution in [0.15, 0.2) is 12.4 Å². The predicted octanol–water partition coefficient (Wildman–Crippen LogP) is 1.97. The molecule has 1 aromatic heterocycles. The maximum atomic E-state index is 4.30. The van der Waals surface area contributed by atoms with Crippen molar-refractivity contribution in [2.45, 2.75) is 32.2 Å². The van der Waals surface area contributed by atoms with Gasteiger partial charge in [-0.3, -0.25) is 0 Å². The zero-order valence-electron chi connectivity index (χ0n) is 10.3. The SMILES string of the molecule is CCCN1CCC(n2ccnc2NC)CC1. The second-order valence-corrected chi connectivity index (χ2v) is 4.48. The molecule has 16 heavy (non-hydrogen) atoms. The first-order valence-electron chi connectivity index (χ1n) is 6.28.